The lowest BCUT2D eigenvalue weighted by atomic mass is 10.1. The zero-order chi connectivity index (χ0) is 41.6. The molecular weight excluding hydrogens is 767 g/mol. The van der Waals surface area contributed by atoms with Crippen molar-refractivity contribution in [3.05, 3.63) is 66.0 Å². The number of hydrogen-bond donors (Lipinski definition) is 3. The SMILES string of the molecule is COc1ccc2c(O[C@@H]3C[C@H]4C(=O)N[C@]5(C(=O)NS(=O)(=O)C6(C)CC6)C[C@H]5CC/C=C/C/C=C/[C@H](NC(=O)c5ccn(C)n5)C(=O)N4C3)cc(OC(C)C)nc2c1C. The maximum Gasteiger partial charge on any atom is 0.272 e. The number of aryl methyl sites for hydroxylation is 2. The van der Waals surface area contributed by atoms with Gasteiger partial charge in [-0.05, 0) is 90.3 Å². The van der Waals surface area contributed by atoms with Gasteiger partial charge >= 0.3 is 0 Å². The van der Waals surface area contributed by atoms with Crippen LogP contribution in [0.4, 0.5) is 0 Å². The maximum atomic E-state index is 14.7. The smallest absolute Gasteiger partial charge is 0.272 e. The van der Waals surface area contributed by atoms with Crippen molar-refractivity contribution in [1.29, 1.82) is 0 Å². The van der Waals surface area contributed by atoms with Gasteiger partial charge in [0.05, 0.1) is 30.0 Å². The average Bonchev–Trinajstić information content (AvgIpc) is 3.97. The molecule has 17 heteroatoms. The Balaban J connectivity index is 1.24. The zero-order valence-corrected chi connectivity index (χ0v) is 34.4. The highest BCUT2D eigenvalue weighted by atomic mass is 32.2. The van der Waals surface area contributed by atoms with Gasteiger partial charge in [-0.25, -0.2) is 13.4 Å². The molecule has 16 nitrogen and oxygen atoms in total. The average molecular weight is 818 g/mol. The Morgan fingerprint density at radius 2 is 1.86 bits per heavy atom. The molecule has 0 bridgehead atoms. The normalized spacial score (nSPS) is 26.6. The second-order valence-corrected chi connectivity index (χ2v) is 18.4. The molecule has 0 unspecified atom stereocenters. The molecule has 2 aliphatic carbocycles. The molecule has 0 radical (unpaired) electrons. The predicted molar refractivity (Wildman–Crippen MR) is 214 cm³/mol. The second kappa shape index (κ2) is 15.7. The van der Waals surface area contributed by atoms with Gasteiger partial charge in [0.15, 0.2) is 0 Å². The largest absolute Gasteiger partial charge is 0.496 e. The number of pyridine rings is 1. The van der Waals surface area contributed by atoms with Crippen LogP contribution in [0.15, 0.2) is 54.8 Å². The fourth-order valence-corrected chi connectivity index (χ4v) is 9.02. The number of carbonyl (C=O) groups excluding carboxylic acids is 4. The molecule has 4 aliphatic rings. The summed E-state index contributed by atoms with van der Waals surface area (Å²) in [6, 6.07) is 4.48. The van der Waals surface area contributed by atoms with Crippen molar-refractivity contribution in [1.82, 2.24) is 35.0 Å². The molecule has 2 aliphatic heterocycles. The Bertz CT molecular complexity index is 2300. The molecule has 1 saturated heterocycles. The first kappa shape index (κ1) is 40.7. The third kappa shape index (κ3) is 8.13. The number of aromatic nitrogens is 3. The van der Waals surface area contributed by atoms with E-state index in [2.05, 4.69) is 20.5 Å². The monoisotopic (exact) mass is 817 g/mol. The zero-order valence-electron chi connectivity index (χ0n) is 33.6. The fourth-order valence-electron chi connectivity index (χ4n) is 7.71. The van der Waals surface area contributed by atoms with Crippen molar-refractivity contribution < 1.29 is 41.8 Å². The summed E-state index contributed by atoms with van der Waals surface area (Å²) in [5, 5.41) is 10.5. The van der Waals surface area contributed by atoms with Gasteiger partial charge in [-0.1, -0.05) is 24.3 Å². The maximum absolute atomic E-state index is 14.7. The quantitative estimate of drug-likeness (QED) is 0.254. The molecule has 3 N–H and O–H groups in total. The van der Waals surface area contributed by atoms with Crippen LogP contribution in [0.1, 0.15) is 81.8 Å². The van der Waals surface area contributed by atoms with E-state index < -0.39 is 62.1 Å². The lowest BCUT2D eigenvalue weighted by molar-refractivity contribution is -0.140. The number of amides is 4. The number of rotatable bonds is 10. The van der Waals surface area contributed by atoms with E-state index in [1.54, 1.807) is 45.5 Å². The van der Waals surface area contributed by atoms with Crippen molar-refractivity contribution in [3.63, 3.8) is 0 Å². The molecule has 3 aromatic rings. The van der Waals surface area contributed by atoms with E-state index >= 15 is 0 Å². The van der Waals surface area contributed by atoms with Crippen LogP contribution in [0.25, 0.3) is 10.9 Å². The van der Waals surface area contributed by atoms with Crippen LogP contribution in [0.2, 0.25) is 0 Å². The molecule has 4 heterocycles. The number of nitrogens with zero attached hydrogens (tertiary/aromatic N) is 4. The van der Waals surface area contributed by atoms with Gasteiger partial charge in [0.25, 0.3) is 11.8 Å². The molecule has 2 aromatic heterocycles. The highest BCUT2D eigenvalue weighted by molar-refractivity contribution is 7.91. The molecule has 4 amide bonds. The topological polar surface area (TPSA) is 200 Å². The number of methoxy groups -OCH3 is 1. The Labute approximate surface area is 337 Å². The molecule has 58 heavy (non-hydrogen) atoms. The van der Waals surface area contributed by atoms with E-state index in [-0.39, 0.29) is 37.1 Å². The molecular formula is C41H51N7O9S. The minimum Gasteiger partial charge on any atom is -0.496 e. The minimum atomic E-state index is -4.00. The minimum absolute atomic E-state index is 0.0157. The molecule has 0 spiro atoms. The van der Waals surface area contributed by atoms with Crippen molar-refractivity contribution in [2.75, 3.05) is 13.7 Å². The van der Waals surface area contributed by atoms with Crippen molar-refractivity contribution in [3.8, 4) is 17.4 Å². The highest BCUT2D eigenvalue weighted by Crippen LogP contribution is 2.49. The van der Waals surface area contributed by atoms with Crippen LogP contribution < -0.4 is 29.6 Å². The van der Waals surface area contributed by atoms with Crippen LogP contribution in [-0.2, 0) is 31.5 Å². The van der Waals surface area contributed by atoms with Crippen molar-refractivity contribution >= 4 is 44.6 Å². The first-order chi connectivity index (χ1) is 27.5. The summed E-state index contributed by atoms with van der Waals surface area (Å²) in [5.74, 6) is -1.58. The number of nitrogens with one attached hydrogen (secondary N) is 3. The summed E-state index contributed by atoms with van der Waals surface area (Å²) in [7, 11) is -0.758. The van der Waals surface area contributed by atoms with Crippen LogP contribution >= 0.6 is 0 Å². The van der Waals surface area contributed by atoms with Gasteiger partial charge in [-0.15, -0.1) is 0 Å². The van der Waals surface area contributed by atoms with E-state index in [1.165, 1.54) is 15.6 Å². The first-order valence-corrected chi connectivity index (χ1v) is 21.2. The van der Waals surface area contributed by atoms with E-state index in [0.29, 0.717) is 60.4 Å². The third-order valence-corrected chi connectivity index (χ3v) is 13.6. The second-order valence-electron chi connectivity index (χ2n) is 16.2. The van der Waals surface area contributed by atoms with Gasteiger partial charge in [0.1, 0.15) is 40.9 Å². The number of fused-ring (bicyclic) bond motifs is 3. The first-order valence-electron chi connectivity index (χ1n) is 19.7. The van der Waals surface area contributed by atoms with Crippen LogP contribution in [0.5, 0.6) is 17.4 Å². The molecule has 1 aromatic carbocycles. The van der Waals surface area contributed by atoms with E-state index in [9.17, 15) is 27.6 Å². The van der Waals surface area contributed by atoms with Crippen LogP contribution in [-0.4, -0.2) is 99.9 Å². The lowest BCUT2D eigenvalue weighted by Crippen LogP contribution is -2.58. The number of carbonyl (C=O) groups is 4. The summed E-state index contributed by atoms with van der Waals surface area (Å²) in [5.41, 5.74) is -0.0346. The summed E-state index contributed by atoms with van der Waals surface area (Å²) in [6.07, 6.45) is 10.5. The Morgan fingerprint density at radius 3 is 2.55 bits per heavy atom. The van der Waals surface area contributed by atoms with Gasteiger partial charge in [-0.2, -0.15) is 5.10 Å². The standard InChI is InChI=1S/C41H51N7O9S/c1-24(2)56-34-21-33(28-14-15-32(55-6)25(3)35(28)43-34)57-27-20-31-37(50)44-41(39(52)46-58(53,54)40(4)17-18-40)22-26(41)12-10-8-7-9-11-13-30(38(51)48(31)23-27)42-36(49)29-16-19-47(5)45-29/h7-8,11,13-16,19,21,24,26-27,30-31H,9-10,12,17-18,20,22-23H2,1-6H3,(H,42,49)(H,44,50)(H,46,52)/b8-7+,13-11+/t26-,27-,30+,31+,41-/m1/s1. The highest BCUT2D eigenvalue weighted by Gasteiger charge is 2.63. The summed E-state index contributed by atoms with van der Waals surface area (Å²) < 4.78 is 47.4. The Hall–Kier alpha value is -5.45. The third-order valence-electron chi connectivity index (χ3n) is 11.5. The predicted octanol–water partition coefficient (Wildman–Crippen LogP) is 3.39. The summed E-state index contributed by atoms with van der Waals surface area (Å²) in [6.45, 7) is 7.16. The van der Waals surface area contributed by atoms with Gasteiger partial charge in [-0.3, -0.25) is 28.6 Å². The number of benzene rings is 1. The molecule has 3 fully saturated rings. The number of ether oxygens (including phenoxy) is 3. The number of allylic oxidation sites excluding steroid dienone is 3. The van der Waals surface area contributed by atoms with E-state index in [1.807, 2.05) is 45.1 Å². The molecule has 5 atom stereocenters. The number of hydrogen-bond acceptors (Lipinski definition) is 11. The van der Waals surface area contributed by atoms with Crippen LogP contribution in [0, 0.1) is 12.8 Å². The lowest BCUT2D eigenvalue weighted by Gasteiger charge is -2.29. The van der Waals surface area contributed by atoms with Gasteiger partial charge in [0, 0.05) is 36.7 Å². The van der Waals surface area contributed by atoms with Crippen molar-refractivity contribution in [2.24, 2.45) is 13.0 Å². The van der Waals surface area contributed by atoms with E-state index in [0.717, 1.165) is 5.56 Å². The Kier molecular flexibility index (Phi) is 11.0. The van der Waals surface area contributed by atoms with Crippen LogP contribution in [0.3, 0.4) is 0 Å². The summed E-state index contributed by atoms with van der Waals surface area (Å²) >= 11 is 0. The fraction of sp³-hybridized carbons (Fsp3) is 0.512. The van der Waals surface area contributed by atoms with Gasteiger partial charge < -0.3 is 29.7 Å². The Morgan fingerprint density at radius 1 is 1.09 bits per heavy atom. The molecule has 7 rings (SSSR count). The van der Waals surface area contributed by atoms with Crippen molar-refractivity contribution in [2.45, 2.75) is 107 Å². The number of sulfonamides is 1. The van der Waals surface area contributed by atoms with Gasteiger partial charge in [0.2, 0.25) is 27.7 Å². The molecule has 2 saturated carbocycles. The molecule has 310 valence electrons. The summed E-state index contributed by atoms with van der Waals surface area (Å²) in [4.78, 5) is 62.7. The van der Waals surface area contributed by atoms with E-state index in [4.69, 9.17) is 19.2 Å².